The summed E-state index contributed by atoms with van der Waals surface area (Å²) in [7, 11) is -0.949. The average Bonchev–Trinajstić information content (AvgIpc) is 2.80. The molecule has 24 heavy (non-hydrogen) atoms. The number of aryl methyl sites for hydroxylation is 1. The lowest BCUT2D eigenvalue weighted by molar-refractivity contribution is 0.187. The van der Waals surface area contributed by atoms with Gasteiger partial charge in [0.1, 0.15) is 10.2 Å². The molecule has 0 saturated carbocycles. The minimum atomic E-state index is -3.77. The zero-order chi connectivity index (χ0) is 17.9. The Labute approximate surface area is 148 Å². The lowest BCUT2D eigenvalue weighted by Crippen LogP contribution is -2.23. The second-order valence-electron chi connectivity index (χ2n) is 4.64. The minimum absolute atomic E-state index is 0.0241. The highest BCUT2D eigenvalue weighted by molar-refractivity contribution is 7.89. The van der Waals surface area contributed by atoms with Crippen molar-refractivity contribution < 1.29 is 17.9 Å². The van der Waals surface area contributed by atoms with Crippen molar-refractivity contribution in [3.05, 3.63) is 40.1 Å². The first-order chi connectivity index (χ1) is 11.2. The van der Waals surface area contributed by atoms with Gasteiger partial charge >= 0.3 is 6.09 Å². The Morgan fingerprint density at radius 3 is 2.42 bits per heavy atom. The number of carbonyl (C=O) groups excluding carboxylic acids is 1. The highest BCUT2D eigenvalue weighted by Gasteiger charge is 2.18. The van der Waals surface area contributed by atoms with Crippen LogP contribution in [0.1, 0.15) is 5.69 Å². The number of nitrogens with one attached hydrogen (secondary N) is 2. The van der Waals surface area contributed by atoms with E-state index in [9.17, 15) is 13.2 Å². The van der Waals surface area contributed by atoms with E-state index in [1.165, 1.54) is 36.1 Å². The van der Waals surface area contributed by atoms with Gasteiger partial charge in [-0.05, 0) is 24.3 Å². The number of nitrogens with zero attached hydrogens (tertiary/aromatic N) is 2. The topological polar surface area (TPSA) is 102 Å². The van der Waals surface area contributed by atoms with E-state index in [4.69, 9.17) is 23.2 Å². The van der Waals surface area contributed by atoms with Crippen LogP contribution in [-0.2, 0) is 28.4 Å². The fraction of sp³-hybridized carbons (Fsp3) is 0.231. The summed E-state index contributed by atoms with van der Waals surface area (Å²) in [6.07, 6.45) is -0.648. The van der Waals surface area contributed by atoms with Crippen LogP contribution < -0.4 is 10.0 Å². The predicted molar refractivity (Wildman–Crippen MR) is 89.7 cm³/mol. The number of benzene rings is 1. The average molecular weight is 393 g/mol. The Bertz CT molecular complexity index is 850. The summed E-state index contributed by atoms with van der Waals surface area (Å²) in [4.78, 5) is 11.1. The minimum Gasteiger partial charge on any atom is -0.453 e. The largest absolute Gasteiger partial charge is 0.453 e. The van der Waals surface area contributed by atoms with Crippen LogP contribution in [0, 0.1) is 0 Å². The number of ether oxygens (including phenoxy) is 1. The molecule has 8 nitrogen and oxygen atoms in total. The Morgan fingerprint density at radius 1 is 1.29 bits per heavy atom. The molecule has 0 fully saturated rings. The fourth-order valence-corrected chi connectivity index (χ4v) is 3.14. The van der Waals surface area contributed by atoms with Crippen LogP contribution >= 0.6 is 23.2 Å². The number of sulfonamides is 1. The lowest BCUT2D eigenvalue weighted by atomic mass is 10.3. The van der Waals surface area contributed by atoms with Gasteiger partial charge in [0.05, 0.1) is 24.2 Å². The van der Waals surface area contributed by atoms with Crippen LogP contribution in [0.5, 0.6) is 0 Å². The summed E-state index contributed by atoms with van der Waals surface area (Å²) in [5.74, 6) is 0. The zero-order valence-corrected chi connectivity index (χ0v) is 15.0. The summed E-state index contributed by atoms with van der Waals surface area (Å²) in [5.41, 5.74) is 0.720. The highest BCUT2D eigenvalue weighted by Crippen LogP contribution is 2.25. The van der Waals surface area contributed by atoms with E-state index in [1.54, 1.807) is 7.05 Å². The van der Waals surface area contributed by atoms with Crippen LogP contribution in [0.15, 0.2) is 29.2 Å². The van der Waals surface area contributed by atoms with E-state index in [2.05, 4.69) is 19.9 Å². The number of rotatable bonds is 5. The molecule has 0 aliphatic heterocycles. The number of hydrogen-bond donors (Lipinski definition) is 2. The lowest BCUT2D eigenvalue weighted by Gasteiger charge is -2.07. The fourth-order valence-electron chi connectivity index (χ4n) is 1.78. The van der Waals surface area contributed by atoms with Gasteiger partial charge in [-0.15, -0.1) is 0 Å². The molecule has 130 valence electrons. The molecule has 1 amide bonds. The highest BCUT2D eigenvalue weighted by atomic mass is 35.5. The molecule has 0 aliphatic rings. The maximum atomic E-state index is 12.3. The normalized spacial score (nSPS) is 11.3. The monoisotopic (exact) mass is 392 g/mol. The van der Waals surface area contributed by atoms with Crippen LogP contribution in [0.3, 0.4) is 0 Å². The Morgan fingerprint density at radius 2 is 1.92 bits per heavy atom. The number of methoxy groups -OCH3 is 1. The van der Waals surface area contributed by atoms with Crippen molar-refractivity contribution in [2.24, 2.45) is 7.05 Å². The molecule has 0 saturated heterocycles. The van der Waals surface area contributed by atoms with Gasteiger partial charge in [0, 0.05) is 12.7 Å². The molecular weight excluding hydrogens is 379 g/mol. The first-order valence-electron chi connectivity index (χ1n) is 6.56. The van der Waals surface area contributed by atoms with Gasteiger partial charge < -0.3 is 4.74 Å². The second-order valence-corrected chi connectivity index (χ2v) is 7.14. The van der Waals surface area contributed by atoms with Gasteiger partial charge in [-0.2, -0.15) is 5.10 Å². The smallest absolute Gasteiger partial charge is 0.411 e. The number of hydrogen-bond acceptors (Lipinski definition) is 5. The number of halogens is 2. The number of amides is 1. The van der Waals surface area contributed by atoms with Crippen molar-refractivity contribution in [3.63, 3.8) is 0 Å². The van der Waals surface area contributed by atoms with E-state index < -0.39 is 16.1 Å². The molecule has 1 aromatic heterocycles. The molecule has 2 aromatic rings. The molecule has 1 aromatic carbocycles. The van der Waals surface area contributed by atoms with E-state index in [0.717, 1.165) is 0 Å². The third-order valence-corrected chi connectivity index (χ3v) is 5.36. The molecule has 11 heteroatoms. The molecule has 2 rings (SSSR count). The third-order valence-electron chi connectivity index (χ3n) is 3.02. The quantitative estimate of drug-likeness (QED) is 0.812. The zero-order valence-electron chi connectivity index (χ0n) is 12.7. The van der Waals surface area contributed by atoms with Crippen molar-refractivity contribution >= 4 is 45.0 Å². The molecule has 0 bridgehead atoms. The maximum absolute atomic E-state index is 12.3. The summed E-state index contributed by atoms with van der Waals surface area (Å²) in [6.45, 7) is -0.107. The molecule has 0 spiro atoms. The molecular formula is C13H14Cl2N4O4S. The van der Waals surface area contributed by atoms with Crippen LogP contribution in [0.25, 0.3) is 0 Å². The Balaban J connectivity index is 2.09. The molecule has 0 unspecified atom stereocenters. The van der Waals surface area contributed by atoms with Gasteiger partial charge in [-0.3, -0.25) is 10.00 Å². The first kappa shape index (κ1) is 18.5. The van der Waals surface area contributed by atoms with Crippen LogP contribution in [0.4, 0.5) is 10.5 Å². The van der Waals surface area contributed by atoms with Crippen molar-refractivity contribution in [3.8, 4) is 0 Å². The van der Waals surface area contributed by atoms with Crippen molar-refractivity contribution in [2.75, 3.05) is 12.4 Å². The maximum Gasteiger partial charge on any atom is 0.411 e. The molecule has 0 atom stereocenters. The van der Waals surface area contributed by atoms with Crippen molar-refractivity contribution in [1.29, 1.82) is 0 Å². The first-order valence-corrected chi connectivity index (χ1v) is 8.80. The van der Waals surface area contributed by atoms with Gasteiger partial charge in [0.25, 0.3) is 0 Å². The Kier molecular flexibility index (Phi) is 5.70. The van der Waals surface area contributed by atoms with Gasteiger partial charge in [0.2, 0.25) is 10.0 Å². The summed E-state index contributed by atoms with van der Waals surface area (Å²) >= 11 is 11.9. The summed E-state index contributed by atoms with van der Waals surface area (Å²) < 4.78 is 32.7. The third kappa shape index (κ3) is 4.18. The van der Waals surface area contributed by atoms with Gasteiger partial charge in [-0.25, -0.2) is 17.9 Å². The van der Waals surface area contributed by atoms with Crippen molar-refractivity contribution in [2.45, 2.75) is 11.4 Å². The molecule has 2 N–H and O–H groups in total. The molecule has 1 heterocycles. The van der Waals surface area contributed by atoms with Crippen molar-refractivity contribution in [1.82, 2.24) is 14.5 Å². The van der Waals surface area contributed by atoms with E-state index in [1.807, 2.05) is 0 Å². The SMILES string of the molecule is COC(=O)Nc1ccc(S(=O)(=O)NCc2nn(C)c(Cl)c2Cl)cc1. The van der Waals surface area contributed by atoms with E-state index in [0.29, 0.717) is 11.4 Å². The Hall–Kier alpha value is -1.81. The number of aromatic nitrogens is 2. The second kappa shape index (κ2) is 7.39. The van der Waals surface area contributed by atoms with Gasteiger partial charge in [0.15, 0.2) is 0 Å². The van der Waals surface area contributed by atoms with Crippen LogP contribution in [-0.4, -0.2) is 31.4 Å². The summed E-state index contributed by atoms with van der Waals surface area (Å²) in [6, 6.07) is 5.58. The summed E-state index contributed by atoms with van der Waals surface area (Å²) in [5, 5.41) is 6.87. The number of anilines is 1. The standard InChI is InChI=1S/C13H14Cl2N4O4S/c1-19-12(15)11(14)10(18-19)7-16-24(21,22)9-5-3-8(4-6-9)17-13(20)23-2/h3-6,16H,7H2,1-2H3,(H,17,20). The van der Waals surface area contributed by atoms with E-state index in [-0.39, 0.29) is 21.6 Å². The van der Waals surface area contributed by atoms with E-state index >= 15 is 0 Å². The predicted octanol–water partition coefficient (Wildman–Crippen LogP) is 2.38. The molecule has 0 aliphatic carbocycles. The molecule has 0 radical (unpaired) electrons. The van der Waals surface area contributed by atoms with Crippen LogP contribution in [0.2, 0.25) is 10.2 Å². The van der Waals surface area contributed by atoms with Gasteiger partial charge in [-0.1, -0.05) is 23.2 Å². The number of carbonyl (C=O) groups is 1.